The minimum Gasteiger partial charge on any atom is -0.326 e. The highest BCUT2D eigenvalue weighted by atomic mass is 19.2. The maximum atomic E-state index is 13.6. The Morgan fingerprint density at radius 2 is 1.76 bits per heavy atom. The predicted molar refractivity (Wildman–Crippen MR) is 81.2 cm³/mol. The summed E-state index contributed by atoms with van der Waals surface area (Å²) >= 11 is 0. The molecule has 2 rings (SSSR count). The molecule has 1 heterocycles. The Morgan fingerprint density at radius 3 is 2.29 bits per heavy atom. The van der Waals surface area contributed by atoms with Crippen LogP contribution in [0.15, 0.2) is 12.1 Å². The van der Waals surface area contributed by atoms with Crippen LogP contribution in [0.1, 0.15) is 52.3 Å². The van der Waals surface area contributed by atoms with Gasteiger partial charge in [-0.15, -0.1) is 0 Å². The lowest BCUT2D eigenvalue weighted by Gasteiger charge is -2.23. The third-order valence-corrected chi connectivity index (χ3v) is 3.74. The fourth-order valence-corrected chi connectivity index (χ4v) is 2.68. The number of imidazole rings is 1. The highest BCUT2D eigenvalue weighted by Crippen LogP contribution is 2.29. The molecule has 0 saturated carbocycles. The quantitative estimate of drug-likeness (QED) is 0.907. The summed E-state index contributed by atoms with van der Waals surface area (Å²) in [4.78, 5) is 4.54. The Balaban J connectivity index is 2.68. The zero-order chi connectivity index (χ0) is 15.8. The summed E-state index contributed by atoms with van der Waals surface area (Å²) in [6, 6.07) is 2.38. The molecule has 2 N–H and O–H groups in total. The third kappa shape index (κ3) is 3.23. The van der Waals surface area contributed by atoms with Crippen LogP contribution in [0, 0.1) is 11.6 Å². The van der Waals surface area contributed by atoms with Crippen LogP contribution in [0.25, 0.3) is 11.0 Å². The molecule has 2 aromatic rings. The monoisotopic (exact) mass is 295 g/mol. The van der Waals surface area contributed by atoms with Gasteiger partial charge in [-0.25, -0.2) is 13.8 Å². The second-order valence-electron chi connectivity index (χ2n) is 6.31. The average molecular weight is 295 g/mol. The van der Waals surface area contributed by atoms with Crippen molar-refractivity contribution in [1.29, 1.82) is 0 Å². The van der Waals surface area contributed by atoms with E-state index in [0.29, 0.717) is 17.6 Å². The molecule has 0 radical (unpaired) electrons. The van der Waals surface area contributed by atoms with Crippen LogP contribution >= 0.6 is 0 Å². The number of fused-ring (bicyclic) bond motifs is 1. The molecular formula is C16H23F2N3. The van der Waals surface area contributed by atoms with Gasteiger partial charge in [0.05, 0.1) is 11.0 Å². The summed E-state index contributed by atoms with van der Waals surface area (Å²) in [6.45, 7) is 8.52. The molecule has 0 unspecified atom stereocenters. The van der Waals surface area contributed by atoms with E-state index >= 15 is 0 Å². The molecular weight excluding hydrogens is 272 g/mol. The van der Waals surface area contributed by atoms with Crippen LogP contribution in [-0.4, -0.2) is 15.1 Å². The number of aromatic nitrogens is 2. The number of hydrogen-bond acceptors (Lipinski definition) is 2. The van der Waals surface area contributed by atoms with Crippen molar-refractivity contribution in [3.8, 4) is 0 Å². The summed E-state index contributed by atoms with van der Waals surface area (Å²) < 4.78 is 29.0. The fourth-order valence-electron chi connectivity index (χ4n) is 2.68. The largest absolute Gasteiger partial charge is 0.326 e. The maximum Gasteiger partial charge on any atom is 0.161 e. The Morgan fingerprint density at radius 1 is 1.19 bits per heavy atom. The Bertz CT molecular complexity index is 637. The average Bonchev–Trinajstić information content (AvgIpc) is 2.69. The molecule has 3 nitrogen and oxygen atoms in total. The summed E-state index contributed by atoms with van der Waals surface area (Å²) in [7, 11) is 0. The molecule has 5 heteroatoms. The summed E-state index contributed by atoms with van der Waals surface area (Å²) in [5.41, 5.74) is 6.75. The van der Waals surface area contributed by atoms with Gasteiger partial charge in [0.2, 0.25) is 0 Å². The van der Waals surface area contributed by atoms with Crippen LogP contribution in [0.2, 0.25) is 0 Å². The number of rotatable bonds is 5. The van der Waals surface area contributed by atoms with E-state index in [2.05, 4.69) is 18.8 Å². The second-order valence-corrected chi connectivity index (χ2v) is 6.31. The van der Waals surface area contributed by atoms with Crippen molar-refractivity contribution in [2.24, 2.45) is 5.73 Å². The number of benzene rings is 1. The molecule has 0 atom stereocenters. The SMILES string of the molecule is CCC(CC)c1nc2cc(F)c(F)cc2n1CC(C)(C)N. The number of nitrogens with two attached hydrogens (primary N) is 1. The Kier molecular flexibility index (Phi) is 4.33. The first-order valence-corrected chi connectivity index (χ1v) is 7.40. The summed E-state index contributed by atoms with van der Waals surface area (Å²) in [5.74, 6) is -0.603. The smallest absolute Gasteiger partial charge is 0.161 e. The van der Waals surface area contributed by atoms with E-state index in [-0.39, 0.29) is 5.92 Å². The molecule has 0 aliphatic rings. The Labute approximate surface area is 124 Å². The van der Waals surface area contributed by atoms with Gasteiger partial charge in [0, 0.05) is 30.1 Å². The van der Waals surface area contributed by atoms with Gasteiger partial charge in [0.25, 0.3) is 0 Å². The molecule has 0 fully saturated rings. The lowest BCUT2D eigenvalue weighted by atomic mass is 10.0. The lowest BCUT2D eigenvalue weighted by Crippen LogP contribution is -2.37. The number of nitrogens with zero attached hydrogens (tertiary/aromatic N) is 2. The fraction of sp³-hybridized carbons (Fsp3) is 0.562. The van der Waals surface area contributed by atoms with Gasteiger partial charge in [0.1, 0.15) is 5.82 Å². The van der Waals surface area contributed by atoms with E-state index in [0.717, 1.165) is 24.7 Å². The molecule has 116 valence electrons. The van der Waals surface area contributed by atoms with Gasteiger partial charge in [-0.1, -0.05) is 13.8 Å². The zero-order valence-electron chi connectivity index (χ0n) is 13.1. The molecule has 0 bridgehead atoms. The molecule has 1 aromatic carbocycles. The van der Waals surface area contributed by atoms with Gasteiger partial charge in [0.15, 0.2) is 11.6 Å². The van der Waals surface area contributed by atoms with Crippen LogP contribution in [0.3, 0.4) is 0 Å². The first-order chi connectivity index (χ1) is 9.76. The van der Waals surface area contributed by atoms with Gasteiger partial charge >= 0.3 is 0 Å². The van der Waals surface area contributed by atoms with E-state index in [1.807, 2.05) is 18.4 Å². The van der Waals surface area contributed by atoms with Crippen molar-refractivity contribution in [2.45, 2.75) is 58.5 Å². The third-order valence-electron chi connectivity index (χ3n) is 3.74. The van der Waals surface area contributed by atoms with E-state index in [4.69, 9.17) is 5.73 Å². The molecule has 0 saturated heterocycles. The van der Waals surface area contributed by atoms with Crippen molar-refractivity contribution < 1.29 is 8.78 Å². The summed E-state index contributed by atoms with van der Waals surface area (Å²) in [6.07, 6.45) is 1.85. The molecule has 0 amide bonds. The molecule has 1 aromatic heterocycles. The van der Waals surface area contributed by atoms with Crippen molar-refractivity contribution in [3.05, 3.63) is 29.6 Å². The van der Waals surface area contributed by atoms with Crippen LogP contribution in [0.5, 0.6) is 0 Å². The van der Waals surface area contributed by atoms with Crippen LogP contribution in [-0.2, 0) is 6.54 Å². The highest BCUT2D eigenvalue weighted by Gasteiger charge is 2.23. The standard InChI is InChI=1S/C16H23F2N3/c1-5-10(6-2)15-20-13-7-11(17)12(18)8-14(13)21(15)9-16(3,4)19/h7-8,10H,5-6,9,19H2,1-4H3. The lowest BCUT2D eigenvalue weighted by molar-refractivity contribution is 0.419. The summed E-state index contributed by atoms with van der Waals surface area (Å²) in [5, 5.41) is 0. The molecule has 0 spiro atoms. The maximum absolute atomic E-state index is 13.6. The van der Waals surface area contributed by atoms with Gasteiger partial charge < -0.3 is 10.3 Å². The van der Waals surface area contributed by atoms with Crippen molar-refractivity contribution >= 4 is 11.0 Å². The van der Waals surface area contributed by atoms with E-state index in [1.54, 1.807) is 0 Å². The minimum absolute atomic E-state index is 0.255. The van der Waals surface area contributed by atoms with Gasteiger partial charge in [-0.2, -0.15) is 0 Å². The van der Waals surface area contributed by atoms with Crippen LogP contribution < -0.4 is 5.73 Å². The highest BCUT2D eigenvalue weighted by molar-refractivity contribution is 5.76. The van der Waals surface area contributed by atoms with Crippen LogP contribution in [0.4, 0.5) is 8.78 Å². The normalized spacial score (nSPS) is 12.6. The second kappa shape index (κ2) is 5.72. The topological polar surface area (TPSA) is 43.8 Å². The predicted octanol–water partition coefficient (Wildman–Crippen LogP) is 3.96. The first-order valence-electron chi connectivity index (χ1n) is 7.40. The number of hydrogen-bond donors (Lipinski definition) is 1. The molecule has 0 aliphatic heterocycles. The van der Waals surface area contributed by atoms with Gasteiger partial charge in [-0.05, 0) is 26.7 Å². The number of halogens is 2. The zero-order valence-corrected chi connectivity index (χ0v) is 13.1. The molecule has 0 aliphatic carbocycles. The first kappa shape index (κ1) is 15.9. The van der Waals surface area contributed by atoms with E-state index in [1.165, 1.54) is 6.07 Å². The minimum atomic E-state index is -0.866. The van der Waals surface area contributed by atoms with Gasteiger partial charge in [-0.3, -0.25) is 0 Å². The van der Waals surface area contributed by atoms with Crippen molar-refractivity contribution in [2.75, 3.05) is 0 Å². The van der Waals surface area contributed by atoms with E-state index in [9.17, 15) is 8.78 Å². The van der Waals surface area contributed by atoms with E-state index < -0.39 is 17.2 Å². The van der Waals surface area contributed by atoms with Crippen molar-refractivity contribution in [1.82, 2.24) is 9.55 Å². The molecule has 21 heavy (non-hydrogen) atoms. The Hall–Kier alpha value is -1.49. The van der Waals surface area contributed by atoms with Crippen molar-refractivity contribution in [3.63, 3.8) is 0 Å².